The number of nitrogen functional groups attached to an aromatic ring is 2. The molecular formula is C33H45FN10O12P2S2. The predicted molar refractivity (Wildman–Crippen MR) is 216 cm³/mol. The van der Waals surface area contributed by atoms with Crippen LogP contribution in [0.25, 0.3) is 22.3 Å². The lowest BCUT2D eigenvalue weighted by molar-refractivity contribution is -0.151. The molecular weight excluding hydrogens is 874 g/mol. The number of H-pyrrole nitrogens is 1. The van der Waals surface area contributed by atoms with Gasteiger partial charge in [-0.15, -0.1) is 0 Å². The maximum atomic E-state index is 16.9. The zero-order valence-corrected chi connectivity index (χ0v) is 36.7. The predicted octanol–water partition coefficient (Wildman–Crippen LogP) is 4.90. The smallest absolute Gasteiger partial charge is 0.392 e. The van der Waals surface area contributed by atoms with Gasteiger partial charge in [-0.2, -0.15) is 4.98 Å². The van der Waals surface area contributed by atoms with Crippen molar-refractivity contribution in [1.29, 1.82) is 0 Å². The molecule has 6 heterocycles. The number of aromatic nitrogens is 8. The topological polar surface area (TPSA) is 292 Å². The van der Waals surface area contributed by atoms with Gasteiger partial charge >= 0.3 is 25.5 Å². The van der Waals surface area contributed by atoms with Crippen LogP contribution in [-0.2, 0) is 51.0 Å². The van der Waals surface area contributed by atoms with E-state index >= 15 is 4.39 Å². The summed E-state index contributed by atoms with van der Waals surface area (Å²) >= 11 is 1.12. The number of alkyl halides is 1. The number of carbonyl (C=O) groups excluding carboxylic acids is 2. The van der Waals surface area contributed by atoms with E-state index in [9.17, 15) is 23.5 Å². The maximum absolute atomic E-state index is 16.9. The molecule has 3 aliphatic rings. The Balaban J connectivity index is 1.23. The summed E-state index contributed by atoms with van der Waals surface area (Å²) in [5.74, 6) is -2.92. The summed E-state index contributed by atoms with van der Waals surface area (Å²) in [5, 5.41) is 0. The fraction of sp³-hybridized carbons (Fsp3) is 0.636. The lowest BCUT2D eigenvalue weighted by atomic mass is 9.98. The molecule has 328 valence electrons. The highest BCUT2D eigenvalue weighted by Crippen LogP contribution is 2.67. The van der Waals surface area contributed by atoms with Crippen LogP contribution in [0.1, 0.15) is 66.7 Å². The Morgan fingerprint density at radius 3 is 2.15 bits per heavy atom. The van der Waals surface area contributed by atoms with E-state index in [1.165, 1.54) is 23.5 Å². The number of anilines is 2. The van der Waals surface area contributed by atoms with Crippen molar-refractivity contribution in [2.24, 2.45) is 16.7 Å². The van der Waals surface area contributed by atoms with Gasteiger partial charge in [0.1, 0.15) is 35.9 Å². The van der Waals surface area contributed by atoms with Gasteiger partial charge in [0.05, 0.1) is 42.8 Å². The molecule has 9 atom stereocenters. The number of hydrogen-bond acceptors (Lipinski definition) is 21. The first-order valence-electron chi connectivity index (χ1n) is 18.6. The lowest BCUT2D eigenvalue weighted by Crippen LogP contribution is -2.34. The Hall–Kier alpha value is -3.67. The molecule has 60 heavy (non-hydrogen) atoms. The van der Waals surface area contributed by atoms with Crippen LogP contribution in [0.15, 0.2) is 23.8 Å². The van der Waals surface area contributed by atoms with Gasteiger partial charge in [0.25, 0.3) is 5.56 Å². The van der Waals surface area contributed by atoms with Gasteiger partial charge < -0.3 is 34.8 Å². The first-order chi connectivity index (χ1) is 28.1. The van der Waals surface area contributed by atoms with Crippen molar-refractivity contribution in [3.8, 4) is 0 Å². The van der Waals surface area contributed by atoms with Crippen molar-refractivity contribution in [1.82, 2.24) is 39.0 Å². The number of halogens is 1. The molecule has 0 radical (unpaired) electrons. The first kappa shape index (κ1) is 44.4. The lowest BCUT2D eigenvalue weighted by Gasteiger charge is -2.30. The van der Waals surface area contributed by atoms with Crippen LogP contribution in [0.4, 0.5) is 16.2 Å². The molecule has 0 bridgehead atoms. The summed E-state index contributed by atoms with van der Waals surface area (Å²) in [7, 11) is 0. The molecule has 27 heteroatoms. The fourth-order valence-electron chi connectivity index (χ4n) is 6.62. The van der Waals surface area contributed by atoms with Gasteiger partial charge in [-0.25, -0.2) is 33.5 Å². The van der Waals surface area contributed by atoms with E-state index in [0.717, 1.165) is 0 Å². The molecule has 2 saturated heterocycles. The molecule has 0 spiro atoms. The molecule has 4 aromatic heterocycles. The number of nitrogens with zero attached hydrogens (tertiary/aromatic N) is 7. The first-order valence-corrected chi connectivity index (χ1v) is 24.9. The van der Waals surface area contributed by atoms with Crippen LogP contribution in [0, 0.1) is 16.7 Å². The minimum atomic E-state index is -4.49. The van der Waals surface area contributed by atoms with E-state index in [4.69, 9.17) is 43.8 Å². The molecule has 3 fully saturated rings. The van der Waals surface area contributed by atoms with E-state index < -0.39 is 103 Å². The summed E-state index contributed by atoms with van der Waals surface area (Å²) in [4.78, 5) is 61.1. The van der Waals surface area contributed by atoms with Crippen LogP contribution >= 0.6 is 36.4 Å². The van der Waals surface area contributed by atoms with E-state index in [1.54, 1.807) is 46.1 Å². The van der Waals surface area contributed by atoms with Crippen LogP contribution < -0.4 is 17.0 Å². The van der Waals surface area contributed by atoms with E-state index in [0.29, 0.717) is 22.8 Å². The second-order valence-electron chi connectivity index (χ2n) is 16.3. The van der Waals surface area contributed by atoms with Gasteiger partial charge in [0, 0.05) is 34.7 Å². The number of nitrogens with two attached hydrogens (primary N) is 2. The monoisotopic (exact) mass is 918 g/mol. The van der Waals surface area contributed by atoms with E-state index in [2.05, 4.69) is 29.9 Å². The summed E-state index contributed by atoms with van der Waals surface area (Å²) in [6.45, 7) is 0.0268. The zero-order valence-electron chi connectivity index (χ0n) is 33.3. The molecule has 4 aromatic rings. The van der Waals surface area contributed by atoms with Crippen molar-refractivity contribution in [2.45, 2.75) is 91.1 Å². The van der Waals surface area contributed by atoms with Crippen LogP contribution in [0.5, 0.6) is 0 Å². The third-order valence-corrected chi connectivity index (χ3v) is 16.5. The van der Waals surface area contributed by atoms with Gasteiger partial charge in [-0.3, -0.25) is 37.5 Å². The Labute approximate surface area is 349 Å². The van der Waals surface area contributed by atoms with Crippen LogP contribution in [0.3, 0.4) is 0 Å². The highest BCUT2D eigenvalue weighted by atomic mass is 32.7. The average molecular weight is 919 g/mol. The highest BCUT2D eigenvalue weighted by Gasteiger charge is 2.53. The van der Waals surface area contributed by atoms with Crippen molar-refractivity contribution in [3.63, 3.8) is 0 Å². The Morgan fingerprint density at radius 1 is 0.867 bits per heavy atom. The Morgan fingerprint density at radius 2 is 1.48 bits per heavy atom. The van der Waals surface area contributed by atoms with Crippen LogP contribution in [0.2, 0.25) is 0 Å². The number of fused-ring (bicyclic) bond motifs is 4. The molecule has 3 unspecified atom stereocenters. The van der Waals surface area contributed by atoms with Crippen molar-refractivity contribution < 1.29 is 55.4 Å². The third-order valence-electron chi connectivity index (χ3n) is 9.76. The molecule has 22 nitrogen and oxygen atoms in total. The molecule has 2 aliphatic heterocycles. The second-order valence-corrected chi connectivity index (χ2v) is 24.3. The van der Waals surface area contributed by atoms with Crippen molar-refractivity contribution in [2.75, 3.05) is 36.6 Å². The summed E-state index contributed by atoms with van der Waals surface area (Å²) in [6, 6.07) is -0.508. The number of esters is 2. The Bertz CT molecular complexity index is 2430. The SMILES string of the molecule is CC(C)(C)C(=O)OCSP1(=O)OC[C@H]2C[C@@H](n3cnc4c(=O)[nH]c(N)nc43)C[C@H]2OP(=O)(SCOC(=O)C(C)(C)C)OC[C@H]2O[C@@H](n3cnc4c(N)ncnc43)[C@@H](F)C2O1. The van der Waals surface area contributed by atoms with Crippen molar-refractivity contribution in [3.05, 3.63) is 29.3 Å². The molecule has 5 N–H and O–H groups in total. The molecule has 7 rings (SSSR count). The van der Waals surface area contributed by atoms with Gasteiger partial charge in [0.15, 0.2) is 35.0 Å². The van der Waals surface area contributed by atoms with E-state index in [-0.39, 0.29) is 53.5 Å². The number of rotatable bonds is 8. The number of ether oxygens (including phenoxy) is 3. The molecule has 1 saturated carbocycles. The number of carbonyl (C=O) groups is 2. The number of nitrogens with one attached hydrogen (secondary N) is 1. The average Bonchev–Trinajstić information content (AvgIpc) is 3.94. The van der Waals surface area contributed by atoms with Gasteiger partial charge in [-0.1, -0.05) is 0 Å². The van der Waals surface area contributed by atoms with Crippen LogP contribution in [-0.4, -0.2) is 101 Å². The normalized spacial score (nSPS) is 30.4. The third kappa shape index (κ3) is 9.38. The maximum Gasteiger partial charge on any atom is 0.392 e. The number of imidazole rings is 2. The minimum Gasteiger partial charge on any atom is -0.454 e. The quantitative estimate of drug-likeness (QED) is 0.120. The number of hydrogen-bond donors (Lipinski definition) is 3. The molecule has 0 aromatic carbocycles. The standard InChI is InChI=1S/C33H45FN10O12P2S2/c1-32(2,3)29(46)50-14-59-57(48)53-10-19-23(20(34)28(54-19)44-13-39-21-24(35)37-11-38-25(21)44)56-58(49,60-15-51-30(47)33(4,5)6)52-9-16-7-17(8-18(16)55-57)43-12-40-22-26(43)41-31(36)42-27(22)45/h11-13,16-20,23,28H,7-10,14-15H2,1-6H3,(H2,35,37,38)(H3,36,41,42,45)/t16-,17-,18-,19-,20+,23?,28-,57?,58?/m1/s1. The zero-order chi connectivity index (χ0) is 43.4. The highest BCUT2D eigenvalue weighted by molar-refractivity contribution is 8.55. The molecule has 0 amide bonds. The summed E-state index contributed by atoms with van der Waals surface area (Å²) in [5.41, 5.74) is 10.00. The second kappa shape index (κ2) is 16.9. The largest absolute Gasteiger partial charge is 0.454 e. The summed E-state index contributed by atoms with van der Waals surface area (Å²) < 4.78 is 90.8. The fourth-order valence-corrected chi connectivity index (χ4v) is 12.3. The number of aromatic amines is 1. The molecule has 1 aliphatic carbocycles. The minimum absolute atomic E-state index is 0.0295. The van der Waals surface area contributed by atoms with E-state index in [1.807, 2.05) is 0 Å². The van der Waals surface area contributed by atoms with Crippen molar-refractivity contribution >= 4 is 82.4 Å². The van der Waals surface area contributed by atoms with Gasteiger partial charge in [0.2, 0.25) is 5.95 Å². The Kier molecular flexibility index (Phi) is 12.5. The summed E-state index contributed by atoms with van der Waals surface area (Å²) in [6.07, 6.45) is -3.55. The van der Waals surface area contributed by atoms with Gasteiger partial charge in [-0.05, 0) is 54.4 Å².